The van der Waals surface area contributed by atoms with Crippen molar-refractivity contribution in [3.8, 4) is 0 Å². The van der Waals surface area contributed by atoms with E-state index in [2.05, 4.69) is 15.8 Å². The number of allylic oxidation sites excluding steroid dienone is 2. The molecule has 1 saturated heterocycles. The van der Waals surface area contributed by atoms with E-state index in [0.29, 0.717) is 17.4 Å². The standard InChI is InChI=1S/C21H21N5O4/c1-2-25-18(28)13-5-3-4-6-14(13)22-21(25)24-23-15(27)10-26-19(29)16-11-7-8-12(9-11)17(16)20(26)30/h3-8,11-12,16-17H,2,9-10H2,1H3,(H,22,24)(H,23,27)/t11-,12-,16-,17-/m0/s1. The molecule has 4 atom stereocenters. The van der Waals surface area contributed by atoms with Gasteiger partial charge < -0.3 is 0 Å². The largest absolute Gasteiger partial charge is 0.277 e. The number of hydrogen-bond acceptors (Lipinski definition) is 6. The molecule has 2 aliphatic carbocycles. The normalized spacial score (nSPS) is 26.5. The molecule has 3 aliphatic rings. The first-order valence-electron chi connectivity index (χ1n) is 10.1. The van der Waals surface area contributed by atoms with Gasteiger partial charge in [0.2, 0.25) is 17.8 Å². The van der Waals surface area contributed by atoms with Crippen molar-refractivity contribution in [1.29, 1.82) is 0 Å². The highest BCUT2D eigenvalue weighted by Gasteiger charge is 2.59. The molecule has 3 amide bonds. The summed E-state index contributed by atoms with van der Waals surface area (Å²) in [4.78, 5) is 55.9. The zero-order valence-electron chi connectivity index (χ0n) is 16.4. The highest BCUT2D eigenvalue weighted by atomic mass is 16.2. The second-order valence-electron chi connectivity index (χ2n) is 7.94. The molecular weight excluding hydrogens is 386 g/mol. The topological polar surface area (TPSA) is 113 Å². The van der Waals surface area contributed by atoms with E-state index in [9.17, 15) is 19.2 Å². The number of hydrazine groups is 1. The number of nitrogens with one attached hydrogen (secondary N) is 2. The van der Waals surface area contributed by atoms with E-state index in [4.69, 9.17) is 0 Å². The molecule has 30 heavy (non-hydrogen) atoms. The molecule has 2 N–H and O–H groups in total. The average molecular weight is 407 g/mol. The van der Waals surface area contributed by atoms with Crippen LogP contribution in [0.5, 0.6) is 0 Å². The molecule has 1 aliphatic heterocycles. The van der Waals surface area contributed by atoms with Crippen LogP contribution in [0.25, 0.3) is 10.9 Å². The van der Waals surface area contributed by atoms with Gasteiger partial charge in [0.15, 0.2) is 0 Å². The molecule has 1 aromatic heterocycles. The summed E-state index contributed by atoms with van der Waals surface area (Å²) in [6.45, 7) is 1.80. The number of aromatic nitrogens is 2. The number of anilines is 1. The lowest BCUT2D eigenvalue weighted by atomic mass is 9.85. The smallest absolute Gasteiger partial charge is 0.262 e. The maximum atomic E-state index is 12.7. The van der Waals surface area contributed by atoms with Crippen LogP contribution in [-0.2, 0) is 20.9 Å². The van der Waals surface area contributed by atoms with Crippen molar-refractivity contribution in [3.05, 3.63) is 46.8 Å². The first-order valence-corrected chi connectivity index (χ1v) is 10.1. The average Bonchev–Trinajstić information content (AvgIpc) is 3.42. The van der Waals surface area contributed by atoms with Gasteiger partial charge in [-0.05, 0) is 37.3 Å². The van der Waals surface area contributed by atoms with Crippen LogP contribution in [0.15, 0.2) is 41.2 Å². The number of amides is 3. The summed E-state index contributed by atoms with van der Waals surface area (Å²) in [7, 11) is 0. The van der Waals surface area contributed by atoms with Gasteiger partial charge in [0, 0.05) is 6.54 Å². The summed E-state index contributed by atoms with van der Waals surface area (Å²) in [5.41, 5.74) is 5.42. The molecule has 9 nitrogen and oxygen atoms in total. The number of nitrogens with zero attached hydrogens (tertiary/aromatic N) is 3. The fourth-order valence-electron chi connectivity index (χ4n) is 4.99. The van der Waals surface area contributed by atoms with Crippen LogP contribution in [0.3, 0.4) is 0 Å². The number of likely N-dealkylation sites (tertiary alicyclic amines) is 1. The lowest BCUT2D eigenvalue weighted by Gasteiger charge is -2.18. The van der Waals surface area contributed by atoms with E-state index in [1.807, 2.05) is 12.2 Å². The third-order valence-electron chi connectivity index (χ3n) is 6.35. The Balaban J connectivity index is 1.30. The number of para-hydroxylation sites is 1. The molecule has 2 aromatic rings. The van der Waals surface area contributed by atoms with Crippen LogP contribution < -0.4 is 16.4 Å². The SMILES string of the molecule is CCn1c(NNC(=O)CN2C(=O)[C@@H]3[C@@H](C2=O)[C@H]2C=C[C@H]3C2)nc2ccccc2c1=O. The number of carbonyl (C=O) groups excluding carboxylic acids is 3. The summed E-state index contributed by atoms with van der Waals surface area (Å²) >= 11 is 0. The van der Waals surface area contributed by atoms with Gasteiger partial charge in [-0.1, -0.05) is 24.3 Å². The van der Waals surface area contributed by atoms with Gasteiger partial charge in [0.05, 0.1) is 22.7 Å². The minimum atomic E-state index is -0.554. The number of fused-ring (bicyclic) bond motifs is 6. The first kappa shape index (κ1) is 18.5. The Labute approximate surface area is 171 Å². The second-order valence-corrected chi connectivity index (χ2v) is 7.94. The molecule has 0 spiro atoms. The molecule has 154 valence electrons. The predicted molar refractivity (Wildman–Crippen MR) is 108 cm³/mol. The molecule has 0 unspecified atom stereocenters. The number of rotatable bonds is 5. The molecule has 1 saturated carbocycles. The van der Waals surface area contributed by atoms with Gasteiger partial charge in [-0.3, -0.25) is 39.5 Å². The third-order valence-corrected chi connectivity index (χ3v) is 6.35. The third kappa shape index (κ3) is 2.65. The first-order chi connectivity index (χ1) is 14.5. The fourth-order valence-corrected chi connectivity index (χ4v) is 4.99. The van der Waals surface area contributed by atoms with E-state index >= 15 is 0 Å². The molecule has 2 bridgehead atoms. The quantitative estimate of drug-likeness (QED) is 0.428. The van der Waals surface area contributed by atoms with Crippen LogP contribution in [0.2, 0.25) is 0 Å². The van der Waals surface area contributed by atoms with E-state index in [0.717, 1.165) is 11.3 Å². The van der Waals surface area contributed by atoms with Crippen molar-refractivity contribution in [2.45, 2.75) is 19.9 Å². The molecule has 9 heteroatoms. The highest BCUT2D eigenvalue weighted by molar-refractivity contribution is 6.08. The second kappa shape index (κ2) is 6.79. The molecular formula is C21H21N5O4. The number of carbonyl (C=O) groups is 3. The van der Waals surface area contributed by atoms with Crippen LogP contribution in [0.1, 0.15) is 13.3 Å². The van der Waals surface area contributed by atoms with E-state index in [-0.39, 0.29) is 53.5 Å². The van der Waals surface area contributed by atoms with Crippen molar-refractivity contribution in [3.63, 3.8) is 0 Å². The van der Waals surface area contributed by atoms with E-state index < -0.39 is 5.91 Å². The van der Waals surface area contributed by atoms with Crippen molar-refractivity contribution in [1.82, 2.24) is 19.9 Å². The number of hydrogen-bond donors (Lipinski definition) is 2. The lowest BCUT2D eigenvalue weighted by Crippen LogP contribution is -2.44. The van der Waals surface area contributed by atoms with E-state index in [1.54, 1.807) is 31.2 Å². The molecule has 2 fully saturated rings. The monoisotopic (exact) mass is 407 g/mol. The highest BCUT2D eigenvalue weighted by Crippen LogP contribution is 2.52. The van der Waals surface area contributed by atoms with Gasteiger partial charge >= 0.3 is 0 Å². The van der Waals surface area contributed by atoms with Gasteiger partial charge in [0.25, 0.3) is 11.5 Å². The van der Waals surface area contributed by atoms with Crippen molar-refractivity contribution in [2.75, 3.05) is 12.0 Å². The van der Waals surface area contributed by atoms with Crippen LogP contribution >= 0.6 is 0 Å². The maximum Gasteiger partial charge on any atom is 0.262 e. The van der Waals surface area contributed by atoms with Crippen molar-refractivity contribution >= 4 is 34.6 Å². The van der Waals surface area contributed by atoms with Gasteiger partial charge in [-0.15, -0.1) is 0 Å². The number of benzene rings is 1. The van der Waals surface area contributed by atoms with Gasteiger partial charge in [-0.2, -0.15) is 0 Å². The lowest BCUT2D eigenvalue weighted by molar-refractivity contribution is -0.144. The maximum absolute atomic E-state index is 12.7. The Bertz CT molecular complexity index is 1140. The number of imide groups is 1. The zero-order chi connectivity index (χ0) is 21.0. The molecule has 0 radical (unpaired) electrons. The minimum absolute atomic E-state index is 0.100. The van der Waals surface area contributed by atoms with Crippen LogP contribution in [0.4, 0.5) is 5.95 Å². The van der Waals surface area contributed by atoms with Crippen LogP contribution in [0, 0.1) is 23.7 Å². The van der Waals surface area contributed by atoms with Gasteiger partial charge in [0.1, 0.15) is 6.54 Å². The summed E-state index contributed by atoms with van der Waals surface area (Å²) in [6, 6.07) is 6.95. The van der Waals surface area contributed by atoms with E-state index in [1.165, 1.54) is 4.57 Å². The minimum Gasteiger partial charge on any atom is -0.277 e. The zero-order valence-corrected chi connectivity index (χ0v) is 16.4. The molecule has 2 heterocycles. The Kier molecular flexibility index (Phi) is 4.19. The summed E-state index contributed by atoms with van der Waals surface area (Å²) < 4.78 is 1.41. The predicted octanol–water partition coefficient (Wildman–Crippen LogP) is 0.667. The Morgan fingerprint density at radius 2 is 1.77 bits per heavy atom. The van der Waals surface area contributed by atoms with Gasteiger partial charge in [-0.25, -0.2) is 4.98 Å². The molecule has 1 aromatic carbocycles. The summed E-state index contributed by atoms with van der Waals surface area (Å²) in [5, 5.41) is 0.485. The summed E-state index contributed by atoms with van der Waals surface area (Å²) in [6.07, 6.45) is 4.87. The Morgan fingerprint density at radius 1 is 1.10 bits per heavy atom. The van der Waals surface area contributed by atoms with Crippen molar-refractivity contribution in [2.24, 2.45) is 23.7 Å². The fraction of sp³-hybridized carbons (Fsp3) is 0.381. The molecule has 5 rings (SSSR count). The van der Waals surface area contributed by atoms with Crippen LogP contribution in [-0.4, -0.2) is 38.7 Å². The van der Waals surface area contributed by atoms with Crippen molar-refractivity contribution < 1.29 is 14.4 Å². The Morgan fingerprint density at radius 3 is 2.43 bits per heavy atom. The summed E-state index contributed by atoms with van der Waals surface area (Å²) in [5.74, 6) is -1.37. The Hall–Kier alpha value is -3.49.